The number of hydrogen-bond donors (Lipinski definition) is 1. The second-order valence-corrected chi connectivity index (χ2v) is 3.64. The zero-order valence-electron chi connectivity index (χ0n) is 6.76. The SMILES string of the molecule is Cc1ccc(C#CCC(N)=O)s1. The lowest BCUT2D eigenvalue weighted by Gasteiger charge is -1.79. The summed E-state index contributed by atoms with van der Waals surface area (Å²) >= 11 is 1.61. The second kappa shape index (κ2) is 3.93. The number of carbonyl (C=O) groups is 1. The molecule has 0 aliphatic carbocycles. The molecule has 1 rings (SSSR count). The van der Waals surface area contributed by atoms with Crippen molar-refractivity contribution in [2.24, 2.45) is 5.73 Å². The molecule has 0 atom stereocenters. The first-order valence-corrected chi connectivity index (χ1v) is 4.34. The van der Waals surface area contributed by atoms with Crippen LogP contribution in [0.2, 0.25) is 0 Å². The van der Waals surface area contributed by atoms with Gasteiger partial charge in [-0.25, -0.2) is 0 Å². The van der Waals surface area contributed by atoms with Gasteiger partial charge in [0.1, 0.15) is 0 Å². The van der Waals surface area contributed by atoms with E-state index in [0.29, 0.717) is 0 Å². The van der Waals surface area contributed by atoms with Crippen molar-refractivity contribution in [1.29, 1.82) is 0 Å². The van der Waals surface area contributed by atoms with Gasteiger partial charge < -0.3 is 5.73 Å². The molecule has 0 aliphatic heterocycles. The first-order valence-electron chi connectivity index (χ1n) is 3.52. The Morgan fingerprint density at radius 1 is 1.67 bits per heavy atom. The Balaban J connectivity index is 2.60. The van der Waals surface area contributed by atoms with E-state index in [-0.39, 0.29) is 12.3 Å². The summed E-state index contributed by atoms with van der Waals surface area (Å²) < 4.78 is 0. The Bertz CT molecular complexity index is 343. The maximum Gasteiger partial charge on any atom is 0.229 e. The third-order valence-electron chi connectivity index (χ3n) is 1.21. The van der Waals surface area contributed by atoms with Gasteiger partial charge in [0, 0.05) is 4.88 Å². The standard InChI is InChI=1S/C9H9NOS/c1-7-5-6-8(12-7)3-2-4-9(10)11/h5-6H,4H2,1H3,(H2,10,11). The van der Waals surface area contributed by atoms with E-state index in [1.54, 1.807) is 11.3 Å². The summed E-state index contributed by atoms with van der Waals surface area (Å²) in [6.07, 6.45) is 0.136. The molecule has 3 heteroatoms. The molecule has 0 aliphatic rings. The Labute approximate surface area is 75.4 Å². The monoisotopic (exact) mass is 179 g/mol. The lowest BCUT2D eigenvalue weighted by molar-refractivity contribution is -0.117. The van der Waals surface area contributed by atoms with Crippen molar-refractivity contribution in [1.82, 2.24) is 0 Å². The second-order valence-electron chi connectivity index (χ2n) is 2.36. The van der Waals surface area contributed by atoms with Crippen LogP contribution >= 0.6 is 11.3 Å². The first kappa shape index (κ1) is 8.82. The first-order chi connectivity index (χ1) is 5.68. The summed E-state index contributed by atoms with van der Waals surface area (Å²) in [6, 6.07) is 3.94. The van der Waals surface area contributed by atoms with Crippen molar-refractivity contribution < 1.29 is 4.79 Å². The van der Waals surface area contributed by atoms with Gasteiger partial charge in [0.05, 0.1) is 11.3 Å². The summed E-state index contributed by atoms with van der Waals surface area (Å²) in [6.45, 7) is 2.02. The highest BCUT2D eigenvalue weighted by molar-refractivity contribution is 7.12. The van der Waals surface area contributed by atoms with Gasteiger partial charge in [0.2, 0.25) is 5.91 Å². The Morgan fingerprint density at radius 3 is 2.92 bits per heavy atom. The highest BCUT2D eigenvalue weighted by Gasteiger charge is 1.90. The van der Waals surface area contributed by atoms with E-state index < -0.39 is 0 Å². The van der Waals surface area contributed by atoms with Crippen LogP contribution in [0.15, 0.2) is 12.1 Å². The van der Waals surface area contributed by atoms with Crippen molar-refractivity contribution in [3.8, 4) is 11.8 Å². The maximum atomic E-state index is 10.3. The minimum Gasteiger partial charge on any atom is -0.369 e. The van der Waals surface area contributed by atoms with E-state index in [4.69, 9.17) is 5.73 Å². The van der Waals surface area contributed by atoms with Crippen LogP contribution in [0.5, 0.6) is 0 Å². The molecule has 0 saturated carbocycles. The summed E-state index contributed by atoms with van der Waals surface area (Å²) in [5.41, 5.74) is 4.92. The van der Waals surface area contributed by atoms with E-state index in [0.717, 1.165) is 4.88 Å². The van der Waals surface area contributed by atoms with Crippen LogP contribution in [0.4, 0.5) is 0 Å². The fourth-order valence-corrected chi connectivity index (χ4v) is 1.46. The zero-order chi connectivity index (χ0) is 8.97. The number of aryl methyl sites for hydroxylation is 1. The molecule has 2 N–H and O–H groups in total. The lowest BCUT2D eigenvalue weighted by Crippen LogP contribution is -2.08. The minimum absolute atomic E-state index is 0.136. The summed E-state index contributed by atoms with van der Waals surface area (Å²) in [5, 5.41) is 0. The third-order valence-corrected chi connectivity index (χ3v) is 2.13. The predicted molar refractivity (Wildman–Crippen MR) is 49.7 cm³/mol. The van der Waals surface area contributed by atoms with Crippen molar-refractivity contribution >= 4 is 17.2 Å². The van der Waals surface area contributed by atoms with Gasteiger partial charge in [-0.05, 0) is 19.1 Å². The highest BCUT2D eigenvalue weighted by Crippen LogP contribution is 2.12. The van der Waals surface area contributed by atoms with E-state index in [1.807, 2.05) is 19.1 Å². The molecule has 1 aromatic rings. The van der Waals surface area contributed by atoms with Gasteiger partial charge in [0.15, 0.2) is 0 Å². The van der Waals surface area contributed by atoms with Gasteiger partial charge >= 0.3 is 0 Å². The van der Waals surface area contributed by atoms with Gasteiger partial charge in [-0.3, -0.25) is 4.79 Å². The fraction of sp³-hybridized carbons (Fsp3) is 0.222. The van der Waals surface area contributed by atoms with Crippen LogP contribution < -0.4 is 5.73 Å². The molecule has 0 spiro atoms. The van der Waals surface area contributed by atoms with Crippen molar-refractivity contribution in [3.05, 3.63) is 21.9 Å². The highest BCUT2D eigenvalue weighted by atomic mass is 32.1. The van der Waals surface area contributed by atoms with Crippen molar-refractivity contribution in [2.75, 3.05) is 0 Å². The quantitative estimate of drug-likeness (QED) is 0.648. The number of hydrogen-bond acceptors (Lipinski definition) is 2. The van der Waals surface area contributed by atoms with Gasteiger partial charge in [-0.15, -0.1) is 11.3 Å². The number of rotatable bonds is 1. The lowest BCUT2D eigenvalue weighted by atomic mass is 10.4. The molecule has 0 saturated heterocycles. The summed E-state index contributed by atoms with van der Waals surface area (Å²) in [4.78, 5) is 12.5. The average Bonchev–Trinajstić information content (AvgIpc) is 2.35. The molecule has 1 aromatic heterocycles. The molecule has 2 nitrogen and oxygen atoms in total. The molecule has 12 heavy (non-hydrogen) atoms. The number of carbonyl (C=O) groups excluding carboxylic acids is 1. The molecule has 0 aromatic carbocycles. The Kier molecular flexibility index (Phi) is 2.89. The van der Waals surface area contributed by atoms with Crippen LogP contribution in [0.25, 0.3) is 0 Å². The smallest absolute Gasteiger partial charge is 0.229 e. The predicted octanol–water partition coefficient (Wildman–Crippen LogP) is 1.28. The molecular weight excluding hydrogens is 170 g/mol. The van der Waals surface area contributed by atoms with Crippen LogP contribution in [-0.4, -0.2) is 5.91 Å². The number of primary amides is 1. The molecule has 1 amide bonds. The minimum atomic E-state index is -0.379. The van der Waals surface area contributed by atoms with Crippen molar-refractivity contribution in [2.45, 2.75) is 13.3 Å². The van der Waals surface area contributed by atoms with Crippen molar-refractivity contribution in [3.63, 3.8) is 0 Å². The van der Waals surface area contributed by atoms with Crippen LogP contribution in [0, 0.1) is 18.8 Å². The number of nitrogens with two attached hydrogens (primary N) is 1. The molecule has 0 radical (unpaired) electrons. The largest absolute Gasteiger partial charge is 0.369 e. The van der Waals surface area contributed by atoms with Crippen LogP contribution in [-0.2, 0) is 4.79 Å². The van der Waals surface area contributed by atoms with E-state index in [1.165, 1.54) is 4.88 Å². The van der Waals surface area contributed by atoms with E-state index in [2.05, 4.69) is 11.8 Å². The average molecular weight is 179 g/mol. The molecule has 0 bridgehead atoms. The van der Waals surface area contributed by atoms with E-state index >= 15 is 0 Å². The maximum absolute atomic E-state index is 10.3. The topological polar surface area (TPSA) is 43.1 Å². The van der Waals surface area contributed by atoms with Crippen LogP contribution in [0.1, 0.15) is 16.2 Å². The molecule has 62 valence electrons. The summed E-state index contributed by atoms with van der Waals surface area (Å²) in [7, 11) is 0. The zero-order valence-corrected chi connectivity index (χ0v) is 7.57. The third kappa shape index (κ3) is 2.77. The molecule has 0 fully saturated rings. The Morgan fingerprint density at radius 2 is 2.42 bits per heavy atom. The van der Waals surface area contributed by atoms with Gasteiger partial charge in [-0.2, -0.15) is 0 Å². The van der Waals surface area contributed by atoms with Gasteiger partial charge in [-0.1, -0.05) is 11.8 Å². The van der Waals surface area contributed by atoms with E-state index in [9.17, 15) is 4.79 Å². The Hall–Kier alpha value is -1.27. The normalized spacial score (nSPS) is 8.75. The summed E-state index contributed by atoms with van der Waals surface area (Å²) in [5.74, 6) is 5.19. The van der Waals surface area contributed by atoms with Gasteiger partial charge in [0.25, 0.3) is 0 Å². The van der Waals surface area contributed by atoms with Crippen LogP contribution in [0.3, 0.4) is 0 Å². The molecule has 1 heterocycles. The number of thiophene rings is 1. The molecule has 0 unspecified atom stereocenters. The molecular formula is C9H9NOS. The number of amides is 1. The fourth-order valence-electron chi connectivity index (χ4n) is 0.720.